The number of halogens is 4. The fraction of sp³-hybridized carbons (Fsp3) is 0.235. The van der Waals surface area contributed by atoms with Gasteiger partial charge in [0.15, 0.2) is 10.8 Å². The van der Waals surface area contributed by atoms with Gasteiger partial charge in [-0.3, -0.25) is 9.48 Å². The van der Waals surface area contributed by atoms with Crippen LogP contribution in [0.5, 0.6) is 0 Å². The highest BCUT2D eigenvalue weighted by Gasteiger charge is 2.33. The summed E-state index contributed by atoms with van der Waals surface area (Å²) in [7, 11) is 0. The Kier molecular flexibility index (Phi) is 5.52. The van der Waals surface area contributed by atoms with E-state index in [0.717, 1.165) is 32.9 Å². The van der Waals surface area contributed by atoms with Gasteiger partial charge in [-0.15, -0.1) is 11.3 Å². The lowest BCUT2D eigenvalue weighted by molar-refractivity contribution is -0.141. The largest absolute Gasteiger partial charge is 0.435 e. The van der Waals surface area contributed by atoms with Crippen LogP contribution in [-0.4, -0.2) is 20.7 Å². The summed E-state index contributed by atoms with van der Waals surface area (Å²) >= 11 is 7.40. The molecule has 10 heteroatoms. The molecule has 1 amide bonds. The number of hydrogen-bond donors (Lipinski definition) is 1. The molecule has 27 heavy (non-hydrogen) atoms. The lowest BCUT2D eigenvalue weighted by atomic mass is 10.1. The van der Waals surface area contributed by atoms with Crippen molar-refractivity contribution in [2.45, 2.75) is 26.1 Å². The van der Waals surface area contributed by atoms with E-state index in [2.05, 4.69) is 15.4 Å². The first-order valence-corrected chi connectivity index (χ1v) is 9.00. The zero-order chi connectivity index (χ0) is 19.6. The minimum Gasteiger partial charge on any atom is -0.300 e. The van der Waals surface area contributed by atoms with Crippen LogP contribution in [0.25, 0.3) is 0 Å². The second kappa shape index (κ2) is 7.69. The molecule has 0 aliphatic heterocycles. The van der Waals surface area contributed by atoms with Crippen molar-refractivity contribution in [2.75, 3.05) is 5.32 Å². The molecule has 0 aliphatic carbocycles. The Balaban J connectivity index is 1.59. The van der Waals surface area contributed by atoms with Crippen LogP contribution in [0, 0.1) is 6.92 Å². The number of aryl methyl sites for hydroxylation is 1. The molecule has 5 nitrogen and oxygen atoms in total. The molecule has 142 valence electrons. The van der Waals surface area contributed by atoms with Crippen LogP contribution in [0.3, 0.4) is 0 Å². The van der Waals surface area contributed by atoms with Gasteiger partial charge >= 0.3 is 6.18 Å². The van der Waals surface area contributed by atoms with Crippen molar-refractivity contribution in [3.63, 3.8) is 0 Å². The Morgan fingerprint density at radius 3 is 2.78 bits per heavy atom. The predicted molar refractivity (Wildman–Crippen MR) is 97.0 cm³/mol. The molecule has 3 aromatic rings. The monoisotopic (exact) mass is 414 g/mol. The summed E-state index contributed by atoms with van der Waals surface area (Å²) in [5, 5.41) is 6.96. The first kappa shape index (κ1) is 19.4. The molecule has 0 radical (unpaired) electrons. The highest BCUT2D eigenvalue weighted by molar-refractivity contribution is 7.15. The van der Waals surface area contributed by atoms with Gasteiger partial charge in [0.05, 0.1) is 0 Å². The summed E-state index contributed by atoms with van der Waals surface area (Å²) in [6.07, 6.45) is -1.17. The van der Waals surface area contributed by atoms with Gasteiger partial charge in [0.2, 0.25) is 5.91 Å². The Bertz CT molecular complexity index is 967. The average Bonchev–Trinajstić information content (AvgIpc) is 3.20. The third-order valence-corrected chi connectivity index (χ3v) is 4.97. The highest BCUT2D eigenvalue weighted by atomic mass is 35.5. The third-order valence-electron chi connectivity index (χ3n) is 3.65. The zero-order valence-corrected chi connectivity index (χ0v) is 15.6. The van der Waals surface area contributed by atoms with E-state index in [9.17, 15) is 18.0 Å². The molecule has 1 aromatic carbocycles. The van der Waals surface area contributed by atoms with Gasteiger partial charge < -0.3 is 5.32 Å². The number of amides is 1. The average molecular weight is 415 g/mol. The zero-order valence-electron chi connectivity index (χ0n) is 14.0. The van der Waals surface area contributed by atoms with Crippen LogP contribution in [0.4, 0.5) is 18.3 Å². The number of nitrogens with one attached hydrogen (secondary N) is 1. The number of nitrogens with zero attached hydrogens (tertiary/aromatic N) is 3. The van der Waals surface area contributed by atoms with Crippen molar-refractivity contribution in [1.29, 1.82) is 0 Å². The Hall–Kier alpha value is -2.39. The minimum atomic E-state index is -4.54. The highest BCUT2D eigenvalue weighted by Crippen LogP contribution is 2.27. The maximum Gasteiger partial charge on any atom is 0.435 e. The van der Waals surface area contributed by atoms with E-state index >= 15 is 0 Å². The van der Waals surface area contributed by atoms with Crippen molar-refractivity contribution < 1.29 is 18.0 Å². The first-order chi connectivity index (χ1) is 12.7. The number of hydrogen-bond acceptors (Lipinski definition) is 4. The fourth-order valence-electron chi connectivity index (χ4n) is 2.30. The lowest BCUT2D eigenvalue weighted by Crippen LogP contribution is -2.19. The van der Waals surface area contributed by atoms with Gasteiger partial charge in [-0.1, -0.05) is 23.7 Å². The van der Waals surface area contributed by atoms with Crippen LogP contribution >= 0.6 is 22.9 Å². The lowest BCUT2D eigenvalue weighted by Gasteiger charge is -2.03. The summed E-state index contributed by atoms with van der Waals surface area (Å²) in [4.78, 5) is 17.0. The maximum atomic E-state index is 12.5. The molecule has 0 unspecified atom stereocenters. The summed E-state index contributed by atoms with van der Waals surface area (Å²) in [5.41, 5.74) is 0.969. The second-order valence-corrected chi connectivity index (χ2v) is 7.36. The molecule has 1 N–H and O–H groups in total. The molecule has 3 rings (SSSR count). The number of carbonyl (C=O) groups excluding carboxylic acids is 1. The van der Waals surface area contributed by atoms with Crippen LogP contribution in [0.2, 0.25) is 5.02 Å². The summed E-state index contributed by atoms with van der Waals surface area (Å²) in [6.45, 7) is 1.59. The van der Waals surface area contributed by atoms with Crippen molar-refractivity contribution in [2.24, 2.45) is 0 Å². The van der Waals surface area contributed by atoms with E-state index in [0.29, 0.717) is 16.6 Å². The fourth-order valence-corrected chi connectivity index (χ4v) is 3.37. The Labute approximate surface area is 161 Å². The van der Waals surface area contributed by atoms with Crippen molar-refractivity contribution in [1.82, 2.24) is 14.8 Å². The van der Waals surface area contributed by atoms with Crippen LogP contribution in [-0.2, 0) is 23.9 Å². The SMILES string of the molecule is Cc1ccc(Cc2cnc(NC(=O)Cn3ccc(C(F)(F)F)n3)s2)cc1Cl. The molecular weight excluding hydrogens is 401 g/mol. The molecule has 0 saturated carbocycles. The summed E-state index contributed by atoms with van der Waals surface area (Å²) in [6, 6.07) is 6.60. The Morgan fingerprint density at radius 2 is 2.11 bits per heavy atom. The van der Waals surface area contributed by atoms with E-state index in [1.807, 2.05) is 25.1 Å². The molecule has 0 atom stereocenters. The second-order valence-electron chi connectivity index (χ2n) is 5.84. The number of aromatic nitrogens is 3. The predicted octanol–water partition coefficient (Wildman–Crippen LogP) is 4.55. The van der Waals surface area contributed by atoms with Gasteiger partial charge in [0.25, 0.3) is 0 Å². The Morgan fingerprint density at radius 1 is 1.33 bits per heavy atom. The van der Waals surface area contributed by atoms with Gasteiger partial charge in [-0.05, 0) is 30.2 Å². The number of alkyl halides is 3. The van der Waals surface area contributed by atoms with E-state index in [1.165, 1.54) is 11.3 Å². The topological polar surface area (TPSA) is 59.8 Å². The number of benzene rings is 1. The van der Waals surface area contributed by atoms with E-state index in [-0.39, 0.29) is 6.54 Å². The van der Waals surface area contributed by atoms with Gasteiger partial charge in [0.1, 0.15) is 6.54 Å². The van der Waals surface area contributed by atoms with Gasteiger partial charge in [0, 0.05) is 28.7 Å². The summed E-state index contributed by atoms with van der Waals surface area (Å²) in [5.74, 6) is -0.508. The molecule has 2 heterocycles. The standard InChI is InChI=1S/C17H14ClF3N4OS/c1-10-2-3-11(7-13(10)18)6-12-8-22-16(27-12)23-15(26)9-25-5-4-14(24-25)17(19,20)21/h2-5,7-8H,6,9H2,1H3,(H,22,23,26). The van der Waals surface area contributed by atoms with Crippen molar-refractivity contribution >= 4 is 34.0 Å². The van der Waals surface area contributed by atoms with Crippen molar-refractivity contribution in [3.05, 3.63) is 63.4 Å². The van der Waals surface area contributed by atoms with Crippen LogP contribution < -0.4 is 5.32 Å². The van der Waals surface area contributed by atoms with E-state index in [1.54, 1.807) is 6.20 Å². The summed E-state index contributed by atoms with van der Waals surface area (Å²) < 4.78 is 38.5. The van der Waals surface area contributed by atoms with Crippen LogP contribution in [0.15, 0.2) is 36.7 Å². The van der Waals surface area contributed by atoms with Crippen molar-refractivity contribution in [3.8, 4) is 0 Å². The quantitative estimate of drug-likeness (QED) is 0.666. The molecule has 0 aliphatic rings. The molecule has 2 aromatic heterocycles. The maximum absolute atomic E-state index is 12.5. The minimum absolute atomic E-state index is 0.335. The molecule has 0 saturated heterocycles. The first-order valence-electron chi connectivity index (χ1n) is 7.81. The van der Waals surface area contributed by atoms with E-state index in [4.69, 9.17) is 11.6 Å². The molecule has 0 bridgehead atoms. The van der Waals surface area contributed by atoms with Gasteiger partial charge in [-0.25, -0.2) is 4.98 Å². The smallest absolute Gasteiger partial charge is 0.300 e. The number of rotatable bonds is 5. The molecule has 0 fully saturated rings. The van der Waals surface area contributed by atoms with Crippen LogP contribution in [0.1, 0.15) is 21.7 Å². The third kappa shape index (κ3) is 5.08. The molecule has 0 spiro atoms. The number of thiazole rings is 1. The normalized spacial score (nSPS) is 11.6. The van der Waals surface area contributed by atoms with Gasteiger partial charge in [-0.2, -0.15) is 18.3 Å². The number of carbonyl (C=O) groups is 1. The van der Waals surface area contributed by atoms with E-state index < -0.39 is 17.8 Å². The molecular formula is C17H14ClF3N4OS. The number of anilines is 1.